The maximum Gasteiger partial charge on any atom is 0.257 e. The monoisotopic (exact) mass is 460 g/mol. The topological polar surface area (TPSA) is 76.5 Å². The predicted molar refractivity (Wildman–Crippen MR) is 132 cm³/mol. The lowest BCUT2D eigenvalue weighted by atomic mass is 10.0. The number of hydrogen-bond donors (Lipinski definition) is 1. The van der Waals surface area contributed by atoms with Gasteiger partial charge in [0, 0.05) is 38.2 Å². The number of nitrogens with zero attached hydrogens (tertiary/aromatic N) is 3. The Morgan fingerprint density at radius 2 is 1.91 bits per heavy atom. The molecular weight excluding hydrogens is 428 g/mol. The molecule has 0 spiro atoms. The van der Waals surface area contributed by atoms with E-state index in [1.165, 1.54) is 5.56 Å². The summed E-state index contributed by atoms with van der Waals surface area (Å²) in [4.78, 5) is 33.3. The molecule has 0 atom stereocenters. The molecule has 4 rings (SSSR count). The van der Waals surface area contributed by atoms with Crippen LogP contribution in [0.3, 0.4) is 0 Å². The van der Waals surface area contributed by atoms with Crippen LogP contribution in [0.15, 0.2) is 59.4 Å². The number of fused-ring (bicyclic) bond motifs is 1. The minimum atomic E-state index is -0.203. The fraction of sp³-hybridized carbons (Fsp3) is 0.370. The number of nitrogens with one attached hydrogen (secondary N) is 1. The van der Waals surface area contributed by atoms with Gasteiger partial charge in [0.2, 0.25) is 5.91 Å². The number of carbonyl (C=O) groups excluding carboxylic acids is 1. The van der Waals surface area contributed by atoms with Gasteiger partial charge in [0.05, 0.1) is 12.8 Å². The van der Waals surface area contributed by atoms with Gasteiger partial charge in [0.15, 0.2) is 0 Å². The van der Waals surface area contributed by atoms with E-state index in [1.807, 2.05) is 42.5 Å². The molecule has 0 fully saturated rings. The Labute approximate surface area is 200 Å². The van der Waals surface area contributed by atoms with Crippen molar-refractivity contribution in [2.45, 2.75) is 52.4 Å². The SMILES string of the molecule is CCCc1nc2c(c(=O)n1CC(=O)NCc1cccc(OC)c1)CCN(Cc1ccccc1)C2. The first-order valence-corrected chi connectivity index (χ1v) is 11.8. The van der Waals surface area contributed by atoms with Gasteiger partial charge >= 0.3 is 0 Å². The standard InChI is InChI=1S/C27H32N4O3/c1-3-8-25-29-24-18-30(17-20-9-5-4-6-10-20)14-13-23(24)27(33)31(25)19-26(32)28-16-21-11-7-12-22(15-21)34-2/h4-7,9-12,15H,3,8,13-14,16-19H2,1-2H3,(H,28,32). The average Bonchev–Trinajstić information content (AvgIpc) is 2.86. The van der Waals surface area contributed by atoms with Gasteiger partial charge in [-0.2, -0.15) is 0 Å². The molecule has 1 aliphatic rings. The van der Waals surface area contributed by atoms with Crippen LogP contribution in [0.4, 0.5) is 0 Å². The Kier molecular flexibility index (Phi) is 7.75. The zero-order chi connectivity index (χ0) is 23.9. The lowest BCUT2D eigenvalue weighted by molar-refractivity contribution is -0.121. The zero-order valence-electron chi connectivity index (χ0n) is 19.9. The largest absolute Gasteiger partial charge is 0.497 e. The van der Waals surface area contributed by atoms with E-state index >= 15 is 0 Å². The van der Waals surface area contributed by atoms with Crippen LogP contribution >= 0.6 is 0 Å². The Morgan fingerprint density at radius 1 is 1.12 bits per heavy atom. The highest BCUT2D eigenvalue weighted by molar-refractivity contribution is 5.75. The molecule has 0 saturated heterocycles. The highest BCUT2D eigenvalue weighted by Gasteiger charge is 2.24. The summed E-state index contributed by atoms with van der Waals surface area (Å²) in [5.74, 6) is 1.23. The molecule has 0 radical (unpaired) electrons. The summed E-state index contributed by atoms with van der Waals surface area (Å²) in [6, 6.07) is 17.9. The van der Waals surface area contributed by atoms with Gasteiger partial charge in [-0.15, -0.1) is 0 Å². The Morgan fingerprint density at radius 3 is 2.68 bits per heavy atom. The first-order chi connectivity index (χ1) is 16.6. The van der Waals surface area contributed by atoms with Gasteiger partial charge < -0.3 is 10.1 Å². The predicted octanol–water partition coefficient (Wildman–Crippen LogP) is 3.08. The zero-order valence-corrected chi connectivity index (χ0v) is 19.9. The van der Waals surface area contributed by atoms with E-state index in [9.17, 15) is 9.59 Å². The second-order valence-corrected chi connectivity index (χ2v) is 8.67. The third kappa shape index (κ3) is 5.72. The summed E-state index contributed by atoms with van der Waals surface area (Å²) in [6.45, 7) is 4.70. The van der Waals surface area contributed by atoms with Crippen LogP contribution in [0.1, 0.15) is 41.6 Å². The van der Waals surface area contributed by atoms with Crippen LogP contribution in [0.5, 0.6) is 5.75 Å². The average molecular weight is 461 g/mol. The fourth-order valence-corrected chi connectivity index (χ4v) is 4.37. The van der Waals surface area contributed by atoms with E-state index in [1.54, 1.807) is 11.7 Å². The number of methoxy groups -OCH3 is 1. The van der Waals surface area contributed by atoms with Crippen molar-refractivity contribution in [1.82, 2.24) is 19.8 Å². The van der Waals surface area contributed by atoms with Gasteiger partial charge in [0.25, 0.3) is 5.56 Å². The molecule has 2 heterocycles. The number of carbonyl (C=O) groups is 1. The summed E-state index contributed by atoms with van der Waals surface area (Å²) < 4.78 is 6.80. The minimum Gasteiger partial charge on any atom is -0.497 e. The Balaban J connectivity index is 1.48. The van der Waals surface area contributed by atoms with Crippen LogP contribution in [-0.4, -0.2) is 34.0 Å². The van der Waals surface area contributed by atoms with Crippen molar-refractivity contribution in [2.75, 3.05) is 13.7 Å². The van der Waals surface area contributed by atoms with E-state index in [4.69, 9.17) is 9.72 Å². The summed E-state index contributed by atoms with van der Waals surface area (Å²) in [6.07, 6.45) is 2.15. The van der Waals surface area contributed by atoms with Crippen molar-refractivity contribution in [3.63, 3.8) is 0 Å². The number of aromatic nitrogens is 2. The molecule has 0 saturated carbocycles. The second kappa shape index (κ2) is 11.1. The van der Waals surface area contributed by atoms with Gasteiger partial charge in [-0.25, -0.2) is 4.98 Å². The maximum atomic E-state index is 13.4. The quantitative estimate of drug-likeness (QED) is 0.531. The summed E-state index contributed by atoms with van der Waals surface area (Å²) in [7, 11) is 1.61. The fourth-order valence-electron chi connectivity index (χ4n) is 4.37. The van der Waals surface area contributed by atoms with Crippen LogP contribution in [0, 0.1) is 0 Å². The molecule has 1 N–H and O–H groups in total. The Bertz CT molecular complexity index is 1190. The smallest absolute Gasteiger partial charge is 0.257 e. The Hall–Kier alpha value is -3.45. The number of ether oxygens (including phenoxy) is 1. The molecule has 1 amide bonds. The third-order valence-corrected chi connectivity index (χ3v) is 6.13. The number of amides is 1. The number of benzene rings is 2. The van der Waals surface area contributed by atoms with Crippen LogP contribution in [-0.2, 0) is 43.8 Å². The molecule has 3 aromatic rings. The van der Waals surface area contributed by atoms with Gasteiger partial charge in [-0.1, -0.05) is 49.4 Å². The molecule has 0 bridgehead atoms. The third-order valence-electron chi connectivity index (χ3n) is 6.13. The van der Waals surface area contributed by atoms with Crippen molar-refractivity contribution < 1.29 is 9.53 Å². The van der Waals surface area contributed by atoms with Crippen molar-refractivity contribution in [1.29, 1.82) is 0 Å². The first-order valence-electron chi connectivity index (χ1n) is 11.8. The molecule has 1 aromatic heterocycles. The molecule has 0 aliphatic carbocycles. The summed E-state index contributed by atoms with van der Waals surface area (Å²) in [5, 5.41) is 2.92. The lowest BCUT2D eigenvalue weighted by Crippen LogP contribution is -2.40. The first kappa shape index (κ1) is 23.7. The summed E-state index contributed by atoms with van der Waals surface area (Å²) >= 11 is 0. The summed E-state index contributed by atoms with van der Waals surface area (Å²) in [5.41, 5.74) is 3.70. The molecule has 1 aliphatic heterocycles. The van der Waals surface area contributed by atoms with Gasteiger partial charge in [0.1, 0.15) is 18.1 Å². The number of aryl methyl sites for hydroxylation is 1. The van der Waals surface area contributed by atoms with Crippen molar-refractivity contribution >= 4 is 5.91 Å². The molecule has 7 heteroatoms. The van der Waals surface area contributed by atoms with E-state index in [0.29, 0.717) is 31.8 Å². The van der Waals surface area contributed by atoms with E-state index < -0.39 is 0 Å². The second-order valence-electron chi connectivity index (χ2n) is 8.67. The van der Waals surface area contributed by atoms with Crippen molar-refractivity contribution in [3.05, 3.63) is 93.2 Å². The van der Waals surface area contributed by atoms with Gasteiger partial charge in [-0.3, -0.25) is 19.1 Å². The minimum absolute atomic E-state index is 0.0217. The van der Waals surface area contributed by atoms with E-state index in [2.05, 4.69) is 29.3 Å². The van der Waals surface area contributed by atoms with E-state index in [0.717, 1.165) is 42.1 Å². The normalized spacial score (nSPS) is 13.4. The molecule has 0 unspecified atom stereocenters. The lowest BCUT2D eigenvalue weighted by Gasteiger charge is -2.29. The molecule has 178 valence electrons. The molecule has 34 heavy (non-hydrogen) atoms. The van der Waals surface area contributed by atoms with Crippen molar-refractivity contribution in [2.24, 2.45) is 0 Å². The van der Waals surface area contributed by atoms with Crippen LogP contribution < -0.4 is 15.6 Å². The maximum absolute atomic E-state index is 13.4. The highest BCUT2D eigenvalue weighted by Crippen LogP contribution is 2.18. The van der Waals surface area contributed by atoms with Crippen LogP contribution in [0.25, 0.3) is 0 Å². The van der Waals surface area contributed by atoms with Crippen LogP contribution in [0.2, 0.25) is 0 Å². The molecular formula is C27H32N4O3. The molecule has 7 nitrogen and oxygen atoms in total. The van der Waals surface area contributed by atoms with E-state index in [-0.39, 0.29) is 18.0 Å². The number of rotatable bonds is 9. The number of hydrogen-bond acceptors (Lipinski definition) is 5. The van der Waals surface area contributed by atoms with Gasteiger partial charge in [-0.05, 0) is 36.1 Å². The van der Waals surface area contributed by atoms with Crippen molar-refractivity contribution in [3.8, 4) is 5.75 Å². The molecule has 2 aromatic carbocycles. The highest BCUT2D eigenvalue weighted by atomic mass is 16.5.